The molecule has 0 unspecified atom stereocenters. The van der Waals surface area contributed by atoms with Crippen LogP contribution in [0, 0.1) is 17.3 Å². The molecule has 1 fully saturated rings. The van der Waals surface area contributed by atoms with Crippen LogP contribution in [0.3, 0.4) is 0 Å². The fourth-order valence-corrected chi connectivity index (χ4v) is 2.88. The van der Waals surface area contributed by atoms with E-state index in [0.717, 1.165) is 25.7 Å². The van der Waals surface area contributed by atoms with Gasteiger partial charge in [-0.3, -0.25) is 9.59 Å². The molecule has 1 aliphatic carbocycles. The summed E-state index contributed by atoms with van der Waals surface area (Å²) < 4.78 is 0. The molecule has 4 heteroatoms. The summed E-state index contributed by atoms with van der Waals surface area (Å²) in [4.78, 5) is 26.6. The second-order valence-electron chi connectivity index (χ2n) is 6.66. The van der Waals surface area contributed by atoms with Gasteiger partial charge in [0.25, 0.3) is 0 Å². The number of carbonyl (C=O) groups excluding carboxylic acids is 2. The SMILES string of the molecule is CN(CCN)C(=O)[C@@H]1CCCC[C@@H]1C(=O)C(C)(C)C. The smallest absolute Gasteiger partial charge is 0.226 e. The molecule has 2 atom stereocenters. The van der Waals surface area contributed by atoms with Gasteiger partial charge in [0.1, 0.15) is 5.78 Å². The fraction of sp³-hybridized carbons (Fsp3) is 0.867. The summed E-state index contributed by atoms with van der Waals surface area (Å²) in [6.07, 6.45) is 3.78. The van der Waals surface area contributed by atoms with E-state index < -0.39 is 0 Å². The number of Topliss-reactive ketones (excluding diaryl/α,β-unsaturated/α-hetero) is 1. The zero-order chi connectivity index (χ0) is 14.6. The van der Waals surface area contributed by atoms with Gasteiger partial charge in [-0.1, -0.05) is 33.6 Å². The third-order valence-corrected chi connectivity index (χ3v) is 4.00. The predicted molar refractivity (Wildman–Crippen MR) is 76.6 cm³/mol. The van der Waals surface area contributed by atoms with E-state index in [0.29, 0.717) is 13.1 Å². The molecule has 0 radical (unpaired) electrons. The van der Waals surface area contributed by atoms with Gasteiger partial charge in [0.2, 0.25) is 5.91 Å². The summed E-state index contributed by atoms with van der Waals surface area (Å²) in [5.41, 5.74) is 5.13. The maximum absolute atomic E-state index is 12.5. The molecule has 0 spiro atoms. The van der Waals surface area contributed by atoms with Gasteiger partial charge in [0.15, 0.2) is 0 Å². The van der Waals surface area contributed by atoms with Crippen LogP contribution in [0.5, 0.6) is 0 Å². The summed E-state index contributed by atoms with van der Waals surface area (Å²) in [6.45, 7) is 6.85. The van der Waals surface area contributed by atoms with Crippen LogP contribution in [-0.2, 0) is 9.59 Å². The van der Waals surface area contributed by atoms with Gasteiger partial charge in [-0.2, -0.15) is 0 Å². The third kappa shape index (κ3) is 4.03. The number of hydrogen-bond acceptors (Lipinski definition) is 3. The quantitative estimate of drug-likeness (QED) is 0.846. The van der Waals surface area contributed by atoms with Crippen molar-refractivity contribution in [1.82, 2.24) is 4.90 Å². The van der Waals surface area contributed by atoms with Gasteiger partial charge >= 0.3 is 0 Å². The second-order valence-corrected chi connectivity index (χ2v) is 6.66. The molecule has 0 saturated heterocycles. The van der Waals surface area contributed by atoms with Crippen molar-refractivity contribution >= 4 is 11.7 Å². The van der Waals surface area contributed by atoms with Gasteiger partial charge in [-0.25, -0.2) is 0 Å². The lowest BCUT2D eigenvalue weighted by Crippen LogP contribution is -2.44. The Hall–Kier alpha value is -0.900. The summed E-state index contributed by atoms with van der Waals surface area (Å²) in [5, 5.41) is 0. The summed E-state index contributed by atoms with van der Waals surface area (Å²) in [7, 11) is 1.78. The highest BCUT2D eigenvalue weighted by Crippen LogP contribution is 2.36. The first-order valence-corrected chi connectivity index (χ1v) is 7.28. The third-order valence-electron chi connectivity index (χ3n) is 4.00. The summed E-state index contributed by atoms with van der Waals surface area (Å²) in [5.74, 6) is 0.0675. The first-order chi connectivity index (χ1) is 8.79. The normalized spacial score (nSPS) is 24.1. The fourth-order valence-electron chi connectivity index (χ4n) is 2.88. The lowest BCUT2D eigenvalue weighted by Gasteiger charge is -2.35. The Morgan fingerprint density at radius 1 is 1.16 bits per heavy atom. The lowest BCUT2D eigenvalue weighted by atomic mass is 9.70. The van der Waals surface area contributed by atoms with Crippen LogP contribution in [0.25, 0.3) is 0 Å². The van der Waals surface area contributed by atoms with E-state index in [1.54, 1.807) is 11.9 Å². The molecule has 0 aromatic heterocycles. The lowest BCUT2D eigenvalue weighted by molar-refractivity contribution is -0.144. The van der Waals surface area contributed by atoms with Crippen LogP contribution < -0.4 is 5.73 Å². The molecule has 0 heterocycles. The molecule has 110 valence electrons. The van der Waals surface area contributed by atoms with Crippen LogP contribution in [0.4, 0.5) is 0 Å². The standard InChI is InChI=1S/C15H28N2O2/c1-15(2,3)13(18)11-7-5-6-8-12(11)14(19)17(4)10-9-16/h11-12H,5-10,16H2,1-4H3/t11-,12+/m0/s1. The van der Waals surface area contributed by atoms with Gasteiger partial charge in [-0.05, 0) is 12.8 Å². The van der Waals surface area contributed by atoms with Crippen molar-refractivity contribution < 1.29 is 9.59 Å². The maximum Gasteiger partial charge on any atom is 0.226 e. The van der Waals surface area contributed by atoms with Crippen LogP contribution in [0.2, 0.25) is 0 Å². The van der Waals surface area contributed by atoms with Crippen molar-refractivity contribution in [2.75, 3.05) is 20.1 Å². The molecule has 1 rings (SSSR count). The largest absolute Gasteiger partial charge is 0.344 e. The maximum atomic E-state index is 12.5. The average Bonchev–Trinajstić information content (AvgIpc) is 2.36. The van der Waals surface area contributed by atoms with E-state index in [1.165, 1.54) is 0 Å². The van der Waals surface area contributed by atoms with Crippen LogP contribution in [-0.4, -0.2) is 36.7 Å². The molecule has 0 aromatic rings. The Kier molecular flexibility index (Phi) is 5.53. The Bertz CT molecular complexity index is 334. The van der Waals surface area contributed by atoms with Crippen LogP contribution in [0.15, 0.2) is 0 Å². The zero-order valence-corrected chi connectivity index (χ0v) is 12.7. The van der Waals surface area contributed by atoms with Crippen molar-refractivity contribution in [2.24, 2.45) is 23.0 Å². The molecule has 1 saturated carbocycles. The molecule has 0 aromatic carbocycles. The molecule has 1 aliphatic rings. The molecule has 19 heavy (non-hydrogen) atoms. The van der Waals surface area contributed by atoms with Gasteiger partial charge in [0, 0.05) is 37.4 Å². The van der Waals surface area contributed by atoms with Crippen LogP contribution >= 0.6 is 0 Å². The number of carbonyl (C=O) groups is 2. The number of ketones is 1. The minimum absolute atomic E-state index is 0.0905. The first-order valence-electron chi connectivity index (χ1n) is 7.28. The number of nitrogens with two attached hydrogens (primary N) is 1. The van der Waals surface area contributed by atoms with E-state index in [2.05, 4.69) is 0 Å². The molecular weight excluding hydrogens is 240 g/mol. The van der Waals surface area contributed by atoms with E-state index >= 15 is 0 Å². The van der Waals surface area contributed by atoms with E-state index in [9.17, 15) is 9.59 Å². The zero-order valence-electron chi connectivity index (χ0n) is 12.7. The summed E-state index contributed by atoms with van der Waals surface area (Å²) >= 11 is 0. The van der Waals surface area contributed by atoms with Crippen molar-refractivity contribution in [3.63, 3.8) is 0 Å². The number of nitrogens with zero attached hydrogens (tertiary/aromatic N) is 1. The second kappa shape index (κ2) is 6.51. The minimum Gasteiger partial charge on any atom is -0.344 e. The molecule has 4 nitrogen and oxygen atoms in total. The van der Waals surface area contributed by atoms with Gasteiger partial charge in [0.05, 0.1) is 0 Å². The van der Waals surface area contributed by atoms with Gasteiger partial charge < -0.3 is 10.6 Å². The molecular formula is C15H28N2O2. The van der Waals surface area contributed by atoms with Crippen molar-refractivity contribution in [1.29, 1.82) is 0 Å². The summed E-state index contributed by atoms with van der Waals surface area (Å²) in [6, 6.07) is 0. The molecule has 0 bridgehead atoms. The number of amides is 1. The number of likely N-dealkylation sites (N-methyl/N-ethyl adjacent to an activating group) is 1. The Morgan fingerprint density at radius 3 is 2.16 bits per heavy atom. The van der Waals surface area contributed by atoms with Gasteiger partial charge in [-0.15, -0.1) is 0 Å². The Morgan fingerprint density at radius 2 is 1.68 bits per heavy atom. The minimum atomic E-state index is -0.368. The predicted octanol–water partition coefficient (Wildman–Crippen LogP) is 1.83. The highest BCUT2D eigenvalue weighted by Gasteiger charge is 2.40. The average molecular weight is 268 g/mol. The molecule has 2 N–H and O–H groups in total. The van der Waals surface area contributed by atoms with Crippen molar-refractivity contribution in [3.05, 3.63) is 0 Å². The highest BCUT2D eigenvalue weighted by molar-refractivity contribution is 5.91. The Labute approximate surface area is 116 Å². The van der Waals surface area contributed by atoms with E-state index in [4.69, 9.17) is 5.73 Å². The molecule has 0 aliphatic heterocycles. The Balaban J connectivity index is 2.83. The topological polar surface area (TPSA) is 63.4 Å². The monoisotopic (exact) mass is 268 g/mol. The number of rotatable bonds is 4. The van der Waals surface area contributed by atoms with Crippen molar-refractivity contribution in [2.45, 2.75) is 46.5 Å². The first kappa shape index (κ1) is 16.2. The highest BCUT2D eigenvalue weighted by atomic mass is 16.2. The molecule has 1 amide bonds. The number of hydrogen-bond donors (Lipinski definition) is 1. The van der Waals surface area contributed by atoms with E-state index in [-0.39, 0.29) is 28.9 Å². The van der Waals surface area contributed by atoms with Crippen LogP contribution in [0.1, 0.15) is 46.5 Å². The van der Waals surface area contributed by atoms with E-state index in [1.807, 2.05) is 20.8 Å². The van der Waals surface area contributed by atoms with Crippen molar-refractivity contribution in [3.8, 4) is 0 Å².